The van der Waals surface area contributed by atoms with E-state index in [2.05, 4.69) is 0 Å². The first kappa shape index (κ1) is 14.2. The predicted molar refractivity (Wildman–Crippen MR) is 67.1 cm³/mol. The van der Waals surface area contributed by atoms with Gasteiger partial charge in [0.2, 0.25) is 0 Å². The molecule has 98 valence electrons. The second kappa shape index (κ2) is 6.20. The summed E-state index contributed by atoms with van der Waals surface area (Å²) in [6.07, 6.45) is -0.581. The van der Waals surface area contributed by atoms with Crippen molar-refractivity contribution in [1.29, 1.82) is 0 Å². The number of carbonyl (C=O) groups is 1. The van der Waals surface area contributed by atoms with Crippen molar-refractivity contribution in [3.05, 3.63) is 33.3 Å². The van der Waals surface area contributed by atoms with Crippen molar-refractivity contribution >= 4 is 23.4 Å². The number of non-ortho nitro benzene ring substituents is 1. The summed E-state index contributed by atoms with van der Waals surface area (Å²) in [5.41, 5.74) is -0.179. The second-order valence-corrected chi connectivity index (χ2v) is 3.82. The van der Waals surface area contributed by atoms with Crippen LogP contribution in [0.4, 0.5) is 10.5 Å². The van der Waals surface area contributed by atoms with Gasteiger partial charge in [0.15, 0.2) is 5.75 Å². The normalized spacial score (nSPS) is 9.94. The van der Waals surface area contributed by atoms with E-state index in [0.717, 1.165) is 6.07 Å². The lowest BCUT2D eigenvalue weighted by Gasteiger charge is -2.18. The summed E-state index contributed by atoms with van der Waals surface area (Å²) in [6, 6.07) is 3.70. The van der Waals surface area contributed by atoms with Gasteiger partial charge in [-0.15, -0.1) is 0 Å². The number of rotatable bonds is 4. The number of nitro benzene ring substituents is 1. The smallest absolute Gasteiger partial charge is 0.408 e. The maximum atomic E-state index is 11.7. The minimum Gasteiger partial charge on any atom is -0.408 e. The SMILES string of the molecule is CCN(CC)C(=O)Oc1cc([N+](=O)[O-])ccc1Cl. The Balaban J connectivity index is 2.93. The monoisotopic (exact) mass is 272 g/mol. The third-order valence-electron chi connectivity index (χ3n) is 2.34. The molecule has 0 aliphatic carbocycles. The molecule has 0 spiro atoms. The molecule has 0 atom stereocenters. The predicted octanol–water partition coefficient (Wildman–Crippen LogP) is 3.09. The van der Waals surface area contributed by atoms with Crippen LogP contribution in [0.15, 0.2) is 18.2 Å². The van der Waals surface area contributed by atoms with E-state index in [4.69, 9.17) is 16.3 Å². The van der Waals surface area contributed by atoms with E-state index < -0.39 is 11.0 Å². The number of ether oxygens (including phenoxy) is 1. The highest BCUT2D eigenvalue weighted by atomic mass is 35.5. The summed E-state index contributed by atoms with van der Waals surface area (Å²) < 4.78 is 5.03. The molecule has 0 unspecified atom stereocenters. The highest BCUT2D eigenvalue weighted by Gasteiger charge is 2.17. The lowest BCUT2D eigenvalue weighted by molar-refractivity contribution is -0.384. The fourth-order valence-corrected chi connectivity index (χ4v) is 1.48. The molecule has 7 heteroatoms. The minimum atomic E-state index is -0.581. The zero-order valence-electron chi connectivity index (χ0n) is 10.1. The molecule has 0 bridgehead atoms. The Labute approximate surface area is 109 Å². The van der Waals surface area contributed by atoms with Crippen LogP contribution >= 0.6 is 11.6 Å². The van der Waals surface area contributed by atoms with Crippen LogP contribution in [0.5, 0.6) is 5.75 Å². The highest BCUT2D eigenvalue weighted by Crippen LogP contribution is 2.29. The van der Waals surface area contributed by atoms with Crippen molar-refractivity contribution < 1.29 is 14.5 Å². The Hall–Kier alpha value is -1.82. The summed E-state index contributed by atoms with van der Waals surface area (Å²) in [5.74, 6) is -0.0113. The van der Waals surface area contributed by atoms with Gasteiger partial charge in [0.25, 0.3) is 5.69 Å². The maximum Gasteiger partial charge on any atom is 0.415 e. The number of halogens is 1. The molecule has 0 N–H and O–H groups in total. The van der Waals surface area contributed by atoms with Crippen molar-refractivity contribution in [1.82, 2.24) is 4.90 Å². The van der Waals surface area contributed by atoms with Crippen LogP contribution < -0.4 is 4.74 Å². The van der Waals surface area contributed by atoms with E-state index in [1.54, 1.807) is 13.8 Å². The lowest BCUT2D eigenvalue weighted by Crippen LogP contribution is -2.33. The average molecular weight is 273 g/mol. The number of nitro groups is 1. The summed E-state index contributed by atoms with van der Waals surface area (Å²) in [4.78, 5) is 23.2. The van der Waals surface area contributed by atoms with E-state index in [-0.39, 0.29) is 16.5 Å². The molecule has 0 fully saturated rings. The first-order valence-electron chi connectivity index (χ1n) is 5.40. The fraction of sp³-hybridized carbons (Fsp3) is 0.364. The van der Waals surface area contributed by atoms with Crippen LogP contribution in [-0.4, -0.2) is 29.0 Å². The Bertz CT molecular complexity index is 460. The van der Waals surface area contributed by atoms with Crippen LogP contribution in [0.25, 0.3) is 0 Å². The molecule has 0 aromatic heterocycles. The van der Waals surface area contributed by atoms with E-state index in [9.17, 15) is 14.9 Å². The molecule has 0 aliphatic rings. The van der Waals surface area contributed by atoms with E-state index in [0.29, 0.717) is 13.1 Å². The van der Waals surface area contributed by atoms with Gasteiger partial charge in [-0.05, 0) is 19.9 Å². The van der Waals surface area contributed by atoms with Gasteiger partial charge in [0, 0.05) is 19.2 Å². The molecule has 18 heavy (non-hydrogen) atoms. The van der Waals surface area contributed by atoms with E-state index in [1.807, 2.05) is 0 Å². The number of hydrogen-bond donors (Lipinski definition) is 0. The molecule has 0 heterocycles. The Morgan fingerprint density at radius 2 is 2.06 bits per heavy atom. The van der Waals surface area contributed by atoms with Crippen molar-refractivity contribution in [2.45, 2.75) is 13.8 Å². The van der Waals surface area contributed by atoms with Crippen molar-refractivity contribution in [3.63, 3.8) is 0 Å². The second-order valence-electron chi connectivity index (χ2n) is 3.41. The van der Waals surface area contributed by atoms with Gasteiger partial charge in [-0.25, -0.2) is 4.79 Å². The molecular weight excluding hydrogens is 260 g/mol. The van der Waals surface area contributed by atoms with E-state index >= 15 is 0 Å². The summed E-state index contributed by atoms with van der Waals surface area (Å²) in [7, 11) is 0. The average Bonchev–Trinajstić information content (AvgIpc) is 2.33. The number of hydrogen-bond acceptors (Lipinski definition) is 4. The molecule has 0 saturated carbocycles. The maximum absolute atomic E-state index is 11.7. The van der Waals surface area contributed by atoms with Gasteiger partial charge in [-0.3, -0.25) is 10.1 Å². The molecule has 0 saturated heterocycles. The molecule has 1 aromatic carbocycles. The molecule has 1 aromatic rings. The van der Waals surface area contributed by atoms with Crippen LogP contribution in [0, 0.1) is 10.1 Å². The fourth-order valence-electron chi connectivity index (χ4n) is 1.32. The first-order chi connectivity index (χ1) is 8.49. The van der Waals surface area contributed by atoms with Crippen molar-refractivity contribution in [2.75, 3.05) is 13.1 Å². The van der Waals surface area contributed by atoms with Crippen molar-refractivity contribution in [3.8, 4) is 5.75 Å². The van der Waals surface area contributed by atoms with Gasteiger partial charge in [-0.2, -0.15) is 0 Å². The molecular formula is C11H13ClN2O4. The number of benzene rings is 1. The molecule has 6 nitrogen and oxygen atoms in total. The lowest BCUT2D eigenvalue weighted by atomic mass is 10.3. The first-order valence-corrected chi connectivity index (χ1v) is 5.78. The standard InChI is InChI=1S/C11H13ClN2O4/c1-3-13(4-2)11(15)18-10-7-8(14(16)17)5-6-9(10)12/h5-7H,3-4H2,1-2H3. The van der Waals surface area contributed by atoms with Gasteiger partial charge in [0.05, 0.1) is 16.0 Å². The summed E-state index contributed by atoms with van der Waals surface area (Å²) in [6.45, 7) is 4.59. The van der Waals surface area contributed by atoms with E-state index in [1.165, 1.54) is 17.0 Å². The zero-order chi connectivity index (χ0) is 13.7. The molecule has 1 amide bonds. The summed E-state index contributed by atoms with van der Waals surface area (Å²) in [5, 5.41) is 10.8. The Morgan fingerprint density at radius 3 is 2.56 bits per heavy atom. The van der Waals surface area contributed by atoms with Crippen LogP contribution in [-0.2, 0) is 0 Å². The number of carbonyl (C=O) groups excluding carboxylic acids is 1. The summed E-state index contributed by atoms with van der Waals surface area (Å²) >= 11 is 5.82. The van der Waals surface area contributed by atoms with Gasteiger partial charge in [-0.1, -0.05) is 11.6 Å². The topological polar surface area (TPSA) is 72.7 Å². The minimum absolute atomic E-state index is 0.0113. The van der Waals surface area contributed by atoms with Gasteiger partial charge < -0.3 is 9.64 Å². The van der Waals surface area contributed by atoms with Gasteiger partial charge in [0.1, 0.15) is 0 Å². The number of nitrogens with zero attached hydrogens (tertiary/aromatic N) is 2. The van der Waals surface area contributed by atoms with Crippen LogP contribution in [0.1, 0.15) is 13.8 Å². The van der Waals surface area contributed by atoms with Crippen molar-refractivity contribution in [2.24, 2.45) is 0 Å². The van der Waals surface area contributed by atoms with Crippen LogP contribution in [0.3, 0.4) is 0 Å². The zero-order valence-corrected chi connectivity index (χ0v) is 10.8. The molecule has 0 radical (unpaired) electrons. The Morgan fingerprint density at radius 1 is 1.44 bits per heavy atom. The quantitative estimate of drug-likeness (QED) is 0.624. The van der Waals surface area contributed by atoms with Gasteiger partial charge >= 0.3 is 6.09 Å². The highest BCUT2D eigenvalue weighted by molar-refractivity contribution is 6.32. The van der Waals surface area contributed by atoms with Crippen LogP contribution in [0.2, 0.25) is 5.02 Å². The largest absolute Gasteiger partial charge is 0.415 e. The molecule has 0 aliphatic heterocycles. The number of amides is 1. The molecule has 1 rings (SSSR count). The Kier molecular flexibility index (Phi) is 4.91. The third-order valence-corrected chi connectivity index (χ3v) is 2.66. The third kappa shape index (κ3) is 3.33.